The Kier molecular flexibility index (Phi) is 6.83. The Morgan fingerprint density at radius 1 is 1.37 bits per heavy atom. The molecule has 0 aliphatic carbocycles. The van der Waals surface area contributed by atoms with Crippen molar-refractivity contribution in [2.24, 2.45) is 5.92 Å². The number of halogens is 2. The number of hydrogen-bond acceptors (Lipinski definition) is 3. The van der Waals surface area contributed by atoms with Crippen molar-refractivity contribution in [2.45, 2.75) is 19.1 Å². The first-order valence-electron chi connectivity index (χ1n) is 5.84. The number of aliphatic carboxylic acids is 1. The van der Waals surface area contributed by atoms with Crippen molar-refractivity contribution in [3.63, 3.8) is 0 Å². The van der Waals surface area contributed by atoms with Crippen molar-refractivity contribution in [1.82, 2.24) is 0 Å². The minimum atomic E-state index is -0.796. The molecular weight excluding hydrogens is 307 g/mol. The van der Waals surface area contributed by atoms with Crippen LogP contribution in [0.1, 0.15) is 13.8 Å². The maximum absolute atomic E-state index is 11.0. The van der Waals surface area contributed by atoms with Gasteiger partial charge in [-0.3, -0.25) is 4.79 Å². The van der Waals surface area contributed by atoms with Crippen molar-refractivity contribution in [3.8, 4) is 5.75 Å². The molecule has 0 aliphatic rings. The van der Waals surface area contributed by atoms with Crippen LogP contribution in [0, 0.1) is 5.92 Å². The third kappa shape index (κ3) is 5.13. The summed E-state index contributed by atoms with van der Waals surface area (Å²) in [5.74, 6) is 0.293. The molecule has 19 heavy (non-hydrogen) atoms. The number of benzene rings is 1. The van der Waals surface area contributed by atoms with E-state index < -0.39 is 11.2 Å². The van der Waals surface area contributed by atoms with Crippen LogP contribution in [0.3, 0.4) is 0 Å². The largest absolute Gasteiger partial charge is 0.490 e. The Hall–Kier alpha value is -0.580. The SMILES string of the molecule is CC(C)C(SCCOc1c(Cl)cccc1Cl)C(=O)O. The van der Waals surface area contributed by atoms with Crippen LogP contribution in [-0.4, -0.2) is 28.7 Å². The Morgan fingerprint density at radius 2 is 1.95 bits per heavy atom. The molecule has 0 saturated heterocycles. The maximum Gasteiger partial charge on any atom is 0.316 e. The van der Waals surface area contributed by atoms with E-state index in [9.17, 15) is 4.79 Å². The van der Waals surface area contributed by atoms with Crippen LogP contribution in [0.5, 0.6) is 5.75 Å². The van der Waals surface area contributed by atoms with Crippen molar-refractivity contribution in [3.05, 3.63) is 28.2 Å². The predicted molar refractivity (Wildman–Crippen MR) is 80.7 cm³/mol. The molecule has 0 fully saturated rings. The van der Waals surface area contributed by atoms with Crippen LogP contribution in [0.15, 0.2) is 18.2 Å². The highest BCUT2D eigenvalue weighted by Crippen LogP contribution is 2.32. The highest BCUT2D eigenvalue weighted by molar-refractivity contribution is 8.00. The summed E-state index contributed by atoms with van der Waals surface area (Å²) in [4.78, 5) is 11.0. The summed E-state index contributed by atoms with van der Waals surface area (Å²) in [6.07, 6.45) is 0. The molecule has 1 aromatic carbocycles. The number of rotatable bonds is 7. The summed E-state index contributed by atoms with van der Waals surface area (Å²) in [7, 11) is 0. The average Bonchev–Trinajstić information content (AvgIpc) is 2.31. The minimum absolute atomic E-state index is 0.0754. The van der Waals surface area contributed by atoms with E-state index in [0.717, 1.165) is 0 Å². The number of para-hydroxylation sites is 1. The van der Waals surface area contributed by atoms with Gasteiger partial charge in [-0.05, 0) is 18.1 Å². The highest BCUT2D eigenvalue weighted by Gasteiger charge is 2.21. The van der Waals surface area contributed by atoms with Gasteiger partial charge in [0.1, 0.15) is 5.25 Å². The topological polar surface area (TPSA) is 46.5 Å². The standard InChI is InChI=1S/C13H16Cl2O3S/c1-8(2)12(13(16)17)19-7-6-18-11-9(14)4-3-5-10(11)15/h3-5,8,12H,6-7H2,1-2H3,(H,16,17). The van der Waals surface area contributed by atoms with Gasteiger partial charge in [0.25, 0.3) is 0 Å². The minimum Gasteiger partial charge on any atom is -0.490 e. The molecule has 0 heterocycles. The summed E-state index contributed by atoms with van der Waals surface area (Å²) in [5.41, 5.74) is 0. The van der Waals surface area contributed by atoms with E-state index in [1.807, 2.05) is 13.8 Å². The molecule has 0 bridgehead atoms. The van der Waals surface area contributed by atoms with Crippen molar-refractivity contribution in [1.29, 1.82) is 0 Å². The quantitative estimate of drug-likeness (QED) is 0.763. The van der Waals surface area contributed by atoms with Crippen LogP contribution >= 0.6 is 35.0 Å². The molecule has 0 amide bonds. The van der Waals surface area contributed by atoms with Gasteiger partial charge in [-0.15, -0.1) is 11.8 Å². The molecule has 0 radical (unpaired) electrons. The molecule has 0 saturated carbocycles. The van der Waals surface area contributed by atoms with E-state index in [1.54, 1.807) is 18.2 Å². The van der Waals surface area contributed by atoms with Gasteiger partial charge in [-0.1, -0.05) is 43.1 Å². The summed E-state index contributed by atoms with van der Waals surface area (Å²) in [6.45, 7) is 4.14. The fourth-order valence-corrected chi connectivity index (χ4v) is 2.96. The normalized spacial score (nSPS) is 12.5. The fourth-order valence-electron chi connectivity index (χ4n) is 1.49. The molecule has 0 aliphatic heterocycles. The Bertz CT molecular complexity index is 418. The second kappa shape index (κ2) is 7.88. The van der Waals surface area contributed by atoms with Gasteiger partial charge in [0.2, 0.25) is 0 Å². The van der Waals surface area contributed by atoms with Gasteiger partial charge in [0.15, 0.2) is 5.75 Å². The third-order valence-electron chi connectivity index (χ3n) is 2.39. The van der Waals surface area contributed by atoms with Crippen LogP contribution in [0.25, 0.3) is 0 Å². The van der Waals surface area contributed by atoms with Crippen molar-refractivity contribution < 1.29 is 14.6 Å². The number of carbonyl (C=O) groups is 1. The van der Waals surface area contributed by atoms with Crippen LogP contribution in [0.4, 0.5) is 0 Å². The lowest BCUT2D eigenvalue weighted by Crippen LogP contribution is -2.23. The monoisotopic (exact) mass is 322 g/mol. The number of hydrogen-bond donors (Lipinski definition) is 1. The lowest BCUT2D eigenvalue weighted by atomic mass is 10.1. The van der Waals surface area contributed by atoms with Crippen LogP contribution in [-0.2, 0) is 4.79 Å². The summed E-state index contributed by atoms with van der Waals surface area (Å²) in [5, 5.41) is 9.53. The van der Waals surface area contributed by atoms with Gasteiger partial charge < -0.3 is 9.84 Å². The molecule has 1 rings (SSSR count). The summed E-state index contributed by atoms with van der Waals surface area (Å²) < 4.78 is 5.50. The van der Waals surface area contributed by atoms with E-state index in [4.69, 9.17) is 33.0 Å². The molecule has 1 unspecified atom stereocenters. The van der Waals surface area contributed by atoms with Crippen molar-refractivity contribution >= 4 is 40.9 Å². The lowest BCUT2D eigenvalue weighted by Gasteiger charge is -2.16. The number of carboxylic acids is 1. The van der Waals surface area contributed by atoms with E-state index in [2.05, 4.69) is 0 Å². The zero-order chi connectivity index (χ0) is 14.4. The zero-order valence-electron chi connectivity index (χ0n) is 10.7. The summed E-state index contributed by atoms with van der Waals surface area (Å²) in [6, 6.07) is 5.14. The van der Waals surface area contributed by atoms with E-state index in [-0.39, 0.29) is 5.92 Å². The van der Waals surface area contributed by atoms with Crippen LogP contribution in [0.2, 0.25) is 10.0 Å². The molecule has 6 heteroatoms. The molecule has 1 aromatic rings. The predicted octanol–water partition coefficient (Wildman–Crippen LogP) is 4.21. The second-order valence-electron chi connectivity index (χ2n) is 4.27. The molecule has 0 spiro atoms. The Labute approximate surface area is 127 Å². The molecule has 1 atom stereocenters. The van der Waals surface area contributed by atoms with Crippen molar-refractivity contribution in [2.75, 3.05) is 12.4 Å². The first-order valence-corrected chi connectivity index (χ1v) is 7.65. The Morgan fingerprint density at radius 3 is 2.42 bits per heavy atom. The Balaban J connectivity index is 2.45. The first-order chi connectivity index (χ1) is 8.93. The smallest absolute Gasteiger partial charge is 0.316 e. The van der Waals surface area contributed by atoms with E-state index >= 15 is 0 Å². The highest BCUT2D eigenvalue weighted by atomic mass is 35.5. The van der Waals surface area contributed by atoms with Gasteiger partial charge >= 0.3 is 5.97 Å². The van der Waals surface area contributed by atoms with Gasteiger partial charge in [0, 0.05) is 5.75 Å². The van der Waals surface area contributed by atoms with Gasteiger partial charge in [-0.2, -0.15) is 0 Å². The molecular formula is C13H16Cl2O3S. The number of ether oxygens (including phenoxy) is 1. The van der Waals surface area contributed by atoms with Gasteiger partial charge in [-0.25, -0.2) is 0 Å². The molecule has 3 nitrogen and oxygen atoms in total. The molecule has 0 aromatic heterocycles. The summed E-state index contributed by atoms with van der Waals surface area (Å²) >= 11 is 13.3. The molecule has 106 valence electrons. The van der Waals surface area contributed by atoms with E-state index in [1.165, 1.54) is 11.8 Å². The average molecular weight is 323 g/mol. The fraction of sp³-hybridized carbons (Fsp3) is 0.462. The van der Waals surface area contributed by atoms with Crippen LogP contribution < -0.4 is 4.74 Å². The molecule has 1 N–H and O–H groups in total. The third-order valence-corrected chi connectivity index (χ3v) is 4.50. The number of carboxylic acid groups (broad SMARTS) is 1. The zero-order valence-corrected chi connectivity index (χ0v) is 13.1. The lowest BCUT2D eigenvalue weighted by molar-refractivity contribution is -0.137. The first kappa shape index (κ1) is 16.5. The van der Waals surface area contributed by atoms with E-state index in [0.29, 0.717) is 28.2 Å². The number of thioether (sulfide) groups is 1. The van der Waals surface area contributed by atoms with Gasteiger partial charge in [0.05, 0.1) is 16.7 Å². The second-order valence-corrected chi connectivity index (χ2v) is 6.34. The maximum atomic E-state index is 11.0.